The van der Waals surface area contributed by atoms with E-state index in [2.05, 4.69) is 41.0 Å². The average Bonchev–Trinajstić information content (AvgIpc) is 3.12. The van der Waals surface area contributed by atoms with E-state index in [1.165, 1.54) is 18.4 Å². The first kappa shape index (κ1) is 14.6. The van der Waals surface area contributed by atoms with Gasteiger partial charge in [0.2, 0.25) is 0 Å². The first-order chi connectivity index (χ1) is 10.1. The molecule has 0 amide bonds. The van der Waals surface area contributed by atoms with Gasteiger partial charge in [0, 0.05) is 23.6 Å². The Morgan fingerprint density at radius 2 is 2.00 bits per heavy atom. The van der Waals surface area contributed by atoms with Crippen molar-refractivity contribution in [1.82, 2.24) is 20.3 Å². The zero-order valence-electron chi connectivity index (χ0n) is 12.9. The van der Waals surface area contributed by atoms with E-state index in [4.69, 9.17) is 0 Å². The van der Waals surface area contributed by atoms with E-state index < -0.39 is 0 Å². The van der Waals surface area contributed by atoms with Gasteiger partial charge in [-0.25, -0.2) is 9.97 Å². The third-order valence-corrected chi connectivity index (χ3v) is 4.73. The zero-order valence-corrected chi connectivity index (χ0v) is 13.7. The Hall–Kier alpha value is -1.33. The standard InChI is InChI=1S/C16H22N4S/c1-10(7-18-13-4-5-13)6-14-11(2)19-16(20-12(14)3)15-8-17-9-21-15/h8-10,13,18H,4-7H2,1-3H3. The fraction of sp³-hybridized carbons (Fsp3) is 0.562. The molecular formula is C16H22N4S. The maximum atomic E-state index is 4.68. The van der Waals surface area contributed by atoms with Crippen molar-refractivity contribution in [1.29, 1.82) is 0 Å². The van der Waals surface area contributed by atoms with E-state index in [0.717, 1.165) is 41.1 Å². The first-order valence-electron chi connectivity index (χ1n) is 7.60. The summed E-state index contributed by atoms with van der Waals surface area (Å²) in [6.45, 7) is 7.57. The summed E-state index contributed by atoms with van der Waals surface area (Å²) in [6.07, 6.45) is 5.57. The van der Waals surface area contributed by atoms with Crippen molar-refractivity contribution in [2.45, 2.75) is 46.1 Å². The van der Waals surface area contributed by atoms with Gasteiger partial charge in [-0.05, 0) is 51.1 Å². The maximum Gasteiger partial charge on any atom is 0.171 e. The smallest absolute Gasteiger partial charge is 0.171 e. The lowest BCUT2D eigenvalue weighted by molar-refractivity contribution is 0.506. The Morgan fingerprint density at radius 1 is 1.29 bits per heavy atom. The number of aromatic nitrogens is 3. The molecule has 0 bridgehead atoms. The quantitative estimate of drug-likeness (QED) is 0.890. The SMILES string of the molecule is Cc1nc(-c2cncs2)nc(C)c1CC(C)CNC1CC1. The van der Waals surface area contributed by atoms with Gasteiger partial charge in [0.1, 0.15) is 0 Å². The van der Waals surface area contributed by atoms with Crippen molar-refractivity contribution < 1.29 is 0 Å². The van der Waals surface area contributed by atoms with Crippen LogP contribution in [0.1, 0.15) is 36.7 Å². The Balaban J connectivity index is 1.72. The highest BCUT2D eigenvalue weighted by Gasteiger charge is 2.21. The summed E-state index contributed by atoms with van der Waals surface area (Å²) in [7, 11) is 0. The molecule has 1 saturated carbocycles. The fourth-order valence-corrected chi connectivity index (χ4v) is 3.10. The van der Waals surface area contributed by atoms with Crippen molar-refractivity contribution in [2.24, 2.45) is 5.92 Å². The third kappa shape index (κ3) is 3.66. The molecule has 0 aromatic carbocycles. The summed E-state index contributed by atoms with van der Waals surface area (Å²) in [6, 6.07) is 0.777. The Bertz CT molecular complexity index is 582. The molecule has 21 heavy (non-hydrogen) atoms. The molecule has 1 N–H and O–H groups in total. The number of nitrogens with zero attached hydrogens (tertiary/aromatic N) is 3. The molecule has 1 fully saturated rings. The number of hydrogen-bond donors (Lipinski definition) is 1. The van der Waals surface area contributed by atoms with Crippen molar-refractivity contribution in [3.05, 3.63) is 28.7 Å². The maximum absolute atomic E-state index is 4.68. The van der Waals surface area contributed by atoms with Crippen LogP contribution in [-0.4, -0.2) is 27.5 Å². The molecule has 0 spiro atoms. The molecular weight excluding hydrogens is 280 g/mol. The van der Waals surface area contributed by atoms with Crippen LogP contribution in [0.15, 0.2) is 11.7 Å². The predicted molar refractivity (Wildman–Crippen MR) is 86.5 cm³/mol. The summed E-state index contributed by atoms with van der Waals surface area (Å²) in [5.74, 6) is 1.42. The highest BCUT2D eigenvalue weighted by Crippen LogP contribution is 2.24. The molecule has 0 aliphatic heterocycles. The van der Waals surface area contributed by atoms with Gasteiger partial charge in [-0.2, -0.15) is 0 Å². The van der Waals surface area contributed by atoms with Crippen LogP contribution in [0.4, 0.5) is 0 Å². The second-order valence-corrected chi connectivity index (χ2v) is 6.94. The van der Waals surface area contributed by atoms with Crippen molar-refractivity contribution in [2.75, 3.05) is 6.54 Å². The topological polar surface area (TPSA) is 50.7 Å². The third-order valence-electron chi connectivity index (χ3n) is 3.96. The summed E-state index contributed by atoms with van der Waals surface area (Å²) in [4.78, 5) is 14.5. The molecule has 112 valence electrons. The molecule has 2 aromatic rings. The van der Waals surface area contributed by atoms with E-state index in [0.29, 0.717) is 5.92 Å². The summed E-state index contributed by atoms with van der Waals surface area (Å²) >= 11 is 1.59. The van der Waals surface area contributed by atoms with Crippen LogP contribution in [0.3, 0.4) is 0 Å². The van der Waals surface area contributed by atoms with Gasteiger partial charge in [-0.15, -0.1) is 11.3 Å². The molecule has 4 nitrogen and oxygen atoms in total. The van der Waals surface area contributed by atoms with Gasteiger partial charge >= 0.3 is 0 Å². The number of thiazole rings is 1. The molecule has 0 radical (unpaired) electrons. The van der Waals surface area contributed by atoms with Crippen molar-refractivity contribution in [3.63, 3.8) is 0 Å². The Kier molecular flexibility index (Phi) is 4.31. The molecule has 1 atom stereocenters. The van der Waals surface area contributed by atoms with E-state index >= 15 is 0 Å². The van der Waals surface area contributed by atoms with Crippen molar-refractivity contribution >= 4 is 11.3 Å². The summed E-state index contributed by atoms with van der Waals surface area (Å²) in [5, 5.41) is 3.60. The monoisotopic (exact) mass is 302 g/mol. The highest BCUT2D eigenvalue weighted by molar-refractivity contribution is 7.13. The van der Waals surface area contributed by atoms with Gasteiger partial charge in [0.15, 0.2) is 5.82 Å². The van der Waals surface area contributed by atoms with Gasteiger partial charge in [0.25, 0.3) is 0 Å². The Morgan fingerprint density at radius 3 is 2.57 bits per heavy atom. The second kappa shape index (κ2) is 6.20. The summed E-state index contributed by atoms with van der Waals surface area (Å²) in [5.41, 5.74) is 5.32. The van der Waals surface area contributed by atoms with Gasteiger partial charge in [-0.3, -0.25) is 4.98 Å². The largest absolute Gasteiger partial charge is 0.314 e. The van der Waals surface area contributed by atoms with Crippen LogP contribution in [0.2, 0.25) is 0 Å². The van der Waals surface area contributed by atoms with E-state index in [9.17, 15) is 0 Å². The lowest BCUT2D eigenvalue weighted by Crippen LogP contribution is -2.24. The van der Waals surface area contributed by atoms with E-state index in [1.807, 2.05) is 11.7 Å². The predicted octanol–water partition coefficient (Wildman–Crippen LogP) is 3.15. The minimum absolute atomic E-state index is 0.612. The molecule has 3 rings (SSSR count). The number of aryl methyl sites for hydroxylation is 2. The minimum Gasteiger partial charge on any atom is -0.314 e. The van der Waals surface area contributed by atoms with Crippen molar-refractivity contribution in [3.8, 4) is 10.7 Å². The molecule has 5 heteroatoms. The molecule has 1 aliphatic carbocycles. The average molecular weight is 302 g/mol. The fourth-order valence-electron chi connectivity index (χ4n) is 2.55. The van der Waals surface area contributed by atoms with Gasteiger partial charge in [-0.1, -0.05) is 6.92 Å². The van der Waals surface area contributed by atoms with Crippen LogP contribution >= 0.6 is 11.3 Å². The molecule has 1 aliphatic rings. The van der Waals surface area contributed by atoms with Crippen LogP contribution in [0, 0.1) is 19.8 Å². The first-order valence-corrected chi connectivity index (χ1v) is 8.48. The number of hydrogen-bond acceptors (Lipinski definition) is 5. The van der Waals surface area contributed by atoms with Crippen LogP contribution in [-0.2, 0) is 6.42 Å². The van der Waals surface area contributed by atoms with E-state index in [-0.39, 0.29) is 0 Å². The van der Waals surface area contributed by atoms with E-state index in [1.54, 1.807) is 11.3 Å². The number of rotatable bonds is 6. The van der Waals surface area contributed by atoms with Crippen LogP contribution in [0.25, 0.3) is 10.7 Å². The zero-order chi connectivity index (χ0) is 14.8. The Labute approximate surface area is 130 Å². The van der Waals surface area contributed by atoms with Gasteiger partial charge in [0.05, 0.1) is 10.4 Å². The van der Waals surface area contributed by atoms with Crippen LogP contribution < -0.4 is 5.32 Å². The molecule has 1 unspecified atom stereocenters. The number of nitrogens with one attached hydrogen (secondary N) is 1. The lowest BCUT2D eigenvalue weighted by atomic mass is 9.98. The van der Waals surface area contributed by atoms with Gasteiger partial charge < -0.3 is 5.32 Å². The lowest BCUT2D eigenvalue weighted by Gasteiger charge is -2.16. The molecule has 2 heterocycles. The van der Waals surface area contributed by atoms with Crippen LogP contribution in [0.5, 0.6) is 0 Å². The summed E-state index contributed by atoms with van der Waals surface area (Å²) < 4.78 is 0. The molecule has 2 aromatic heterocycles. The molecule has 0 saturated heterocycles. The second-order valence-electron chi connectivity index (χ2n) is 6.05. The minimum atomic E-state index is 0.612. The highest BCUT2D eigenvalue weighted by atomic mass is 32.1. The normalized spacial score (nSPS) is 16.1.